The van der Waals surface area contributed by atoms with E-state index in [1.807, 2.05) is 24.3 Å². The van der Waals surface area contributed by atoms with Crippen molar-refractivity contribution in [2.75, 3.05) is 0 Å². The van der Waals surface area contributed by atoms with Crippen molar-refractivity contribution in [2.45, 2.75) is 18.4 Å². The Bertz CT molecular complexity index is 969. The van der Waals surface area contributed by atoms with Crippen LogP contribution in [0.15, 0.2) is 71.3 Å². The van der Waals surface area contributed by atoms with Crippen molar-refractivity contribution in [3.63, 3.8) is 0 Å². The molecule has 1 fully saturated rings. The minimum atomic E-state index is -0.317. The second-order valence-electron chi connectivity index (χ2n) is 7.61. The van der Waals surface area contributed by atoms with Crippen molar-refractivity contribution < 1.29 is 14.0 Å². The normalized spacial score (nSPS) is 27.5. The molecule has 2 bridgehead atoms. The molecule has 1 saturated heterocycles. The van der Waals surface area contributed by atoms with Gasteiger partial charge in [-0.15, -0.1) is 0 Å². The van der Waals surface area contributed by atoms with E-state index in [9.17, 15) is 9.59 Å². The second-order valence-corrected chi connectivity index (χ2v) is 7.61. The maximum atomic E-state index is 13.3. The number of likely N-dealkylation sites (tertiary alicyclic amines) is 1. The summed E-state index contributed by atoms with van der Waals surface area (Å²) in [6.07, 6.45) is 1.57. The van der Waals surface area contributed by atoms with E-state index in [4.69, 9.17) is 4.42 Å². The second kappa shape index (κ2) is 5.19. The lowest BCUT2D eigenvalue weighted by Gasteiger charge is -2.45. The first-order chi connectivity index (χ1) is 13.3. The number of hydrogen-bond acceptors (Lipinski definition) is 3. The topological polar surface area (TPSA) is 50.5 Å². The molecule has 2 atom stereocenters. The standard InChI is InChI=1S/C23H17NO3/c25-22-20-18-14-7-1-2-8-15(14)19(17-10-4-3-9-16(17)18)21(20)23(26)24(22)12-13-6-5-11-27-13/h1-11,18-21H,12H2/t18?,19?,20-,21-/m0/s1. The molecule has 1 aliphatic heterocycles. The molecule has 3 aliphatic carbocycles. The van der Waals surface area contributed by atoms with Crippen LogP contribution in [0.2, 0.25) is 0 Å². The van der Waals surface area contributed by atoms with E-state index in [0.29, 0.717) is 5.76 Å². The smallest absolute Gasteiger partial charge is 0.234 e. The average Bonchev–Trinajstić information content (AvgIpc) is 3.31. The van der Waals surface area contributed by atoms with Crippen LogP contribution in [0.25, 0.3) is 0 Å². The number of benzene rings is 2. The molecule has 0 saturated carbocycles. The number of hydrogen-bond donors (Lipinski definition) is 0. The Morgan fingerprint density at radius 1 is 0.704 bits per heavy atom. The molecule has 0 unspecified atom stereocenters. The highest BCUT2D eigenvalue weighted by atomic mass is 16.3. The predicted octanol–water partition coefficient (Wildman–Crippen LogP) is 3.67. The fourth-order valence-electron chi connectivity index (χ4n) is 5.45. The number of carbonyl (C=O) groups excluding carboxylic acids is 2. The summed E-state index contributed by atoms with van der Waals surface area (Å²) in [7, 11) is 0. The number of nitrogens with zero attached hydrogens (tertiary/aromatic N) is 1. The molecule has 132 valence electrons. The SMILES string of the molecule is O=C1[C@H]2C3c4ccccc4C(c4ccccc43)[C@@H]2C(=O)N1Cc1ccco1. The van der Waals surface area contributed by atoms with Crippen molar-refractivity contribution in [1.82, 2.24) is 4.90 Å². The van der Waals surface area contributed by atoms with E-state index < -0.39 is 0 Å². The molecule has 0 N–H and O–H groups in total. The number of rotatable bonds is 2. The van der Waals surface area contributed by atoms with Crippen molar-refractivity contribution in [2.24, 2.45) is 11.8 Å². The minimum Gasteiger partial charge on any atom is -0.467 e. The molecule has 2 heterocycles. The van der Waals surface area contributed by atoms with Crippen molar-refractivity contribution in [3.05, 3.63) is 94.9 Å². The summed E-state index contributed by atoms with van der Waals surface area (Å²) in [6, 6.07) is 20.2. The first kappa shape index (κ1) is 15.0. The number of amides is 2. The van der Waals surface area contributed by atoms with E-state index in [2.05, 4.69) is 24.3 Å². The Balaban J connectivity index is 1.53. The van der Waals surface area contributed by atoms with Gasteiger partial charge in [-0.3, -0.25) is 14.5 Å². The van der Waals surface area contributed by atoms with Crippen LogP contribution >= 0.6 is 0 Å². The zero-order valence-electron chi connectivity index (χ0n) is 14.5. The van der Waals surface area contributed by atoms with Crippen LogP contribution in [0.3, 0.4) is 0 Å². The zero-order valence-corrected chi connectivity index (χ0v) is 14.5. The summed E-state index contributed by atoms with van der Waals surface area (Å²) < 4.78 is 5.39. The Morgan fingerprint density at radius 2 is 1.19 bits per heavy atom. The van der Waals surface area contributed by atoms with E-state index in [1.165, 1.54) is 27.2 Å². The zero-order chi connectivity index (χ0) is 18.1. The van der Waals surface area contributed by atoms with Gasteiger partial charge in [0.1, 0.15) is 5.76 Å². The number of furan rings is 1. The molecule has 2 amide bonds. The Morgan fingerprint density at radius 3 is 1.59 bits per heavy atom. The van der Waals surface area contributed by atoms with Crippen LogP contribution in [0, 0.1) is 11.8 Å². The van der Waals surface area contributed by atoms with Crippen molar-refractivity contribution >= 4 is 11.8 Å². The summed E-state index contributed by atoms with van der Waals surface area (Å²) in [4.78, 5) is 28.1. The third-order valence-electron chi connectivity index (χ3n) is 6.43. The highest BCUT2D eigenvalue weighted by molar-refractivity contribution is 6.07. The van der Waals surface area contributed by atoms with Crippen LogP contribution < -0.4 is 0 Å². The van der Waals surface area contributed by atoms with Crippen LogP contribution in [-0.4, -0.2) is 16.7 Å². The molecule has 0 spiro atoms. The van der Waals surface area contributed by atoms with Crippen LogP contribution in [0.5, 0.6) is 0 Å². The Hall–Kier alpha value is -3.14. The van der Waals surface area contributed by atoms with Gasteiger partial charge in [0.15, 0.2) is 0 Å². The van der Waals surface area contributed by atoms with Gasteiger partial charge >= 0.3 is 0 Å². The molecule has 3 aromatic rings. The third kappa shape index (κ3) is 1.82. The summed E-state index contributed by atoms with van der Waals surface area (Å²) in [6.45, 7) is 0.212. The lowest BCUT2D eigenvalue weighted by atomic mass is 9.55. The summed E-state index contributed by atoms with van der Waals surface area (Å²) >= 11 is 0. The fourth-order valence-corrected chi connectivity index (χ4v) is 5.45. The Labute approximate surface area is 156 Å². The largest absolute Gasteiger partial charge is 0.467 e. The summed E-state index contributed by atoms with van der Waals surface area (Å²) in [5, 5.41) is 0. The van der Waals surface area contributed by atoms with Gasteiger partial charge in [0.2, 0.25) is 11.8 Å². The molecule has 7 rings (SSSR count). The van der Waals surface area contributed by atoms with Crippen LogP contribution in [0.1, 0.15) is 39.8 Å². The lowest BCUT2D eigenvalue weighted by molar-refractivity contribution is -0.141. The van der Waals surface area contributed by atoms with Crippen LogP contribution in [-0.2, 0) is 16.1 Å². The third-order valence-corrected chi connectivity index (χ3v) is 6.43. The first-order valence-corrected chi connectivity index (χ1v) is 9.31. The first-order valence-electron chi connectivity index (χ1n) is 9.31. The molecular weight excluding hydrogens is 338 g/mol. The lowest BCUT2D eigenvalue weighted by Crippen LogP contribution is -2.41. The number of carbonyl (C=O) groups is 2. The van der Waals surface area contributed by atoms with Gasteiger partial charge in [-0.25, -0.2) is 0 Å². The van der Waals surface area contributed by atoms with E-state index in [-0.39, 0.29) is 42.0 Å². The highest BCUT2D eigenvalue weighted by Crippen LogP contribution is 2.61. The molecule has 4 nitrogen and oxygen atoms in total. The van der Waals surface area contributed by atoms with Gasteiger partial charge in [0.25, 0.3) is 0 Å². The minimum absolute atomic E-state index is 0.0505. The van der Waals surface area contributed by atoms with Gasteiger partial charge < -0.3 is 4.42 Å². The molecular formula is C23H17NO3. The quantitative estimate of drug-likeness (QED) is 0.659. The summed E-state index contributed by atoms with van der Waals surface area (Å²) in [5.41, 5.74) is 4.79. The van der Waals surface area contributed by atoms with Gasteiger partial charge in [-0.05, 0) is 34.4 Å². The Kier molecular flexibility index (Phi) is 2.88. The fraction of sp³-hybridized carbons (Fsp3) is 0.217. The maximum absolute atomic E-state index is 13.3. The molecule has 27 heavy (non-hydrogen) atoms. The summed E-state index contributed by atoms with van der Waals surface area (Å²) in [5.74, 6) is -0.237. The monoisotopic (exact) mass is 355 g/mol. The van der Waals surface area contributed by atoms with Gasteiger partial charge in [0, 0.05) is 11.8 Å². The molecule has 4 aliphatic rings. The van der Waals surface area contributed by atoms with Crippen LogP contribution in [0.4, 0.5) is 0 Å². The van der Waals surface area contributed by atoms with Gasteiger partial charge in [-0.1, -0.05) is 48.5 Å². The van der Waals surface area contributed by atoms with E-state index >= 15 is 0 Å². The molecule has 1 aromatic heterocycles. The molecule has 4 heteroatoms. The molecule has 0 radical (unpaired) electrons. The van der Waals surface area contributed by atoms with E-state index in [1.54, 1.807) is 18.4 Å². The van der Waals surface area contributed by atoms with E-state index in [0.717, 1.165) is 0 Å². The predicted molar refractivity (Wildman–Crippen MR) is 97.8 cm³/mol. The maximum Gasteiger partial charge on any atom is 0.234 e. The van der Waals surface area contributed by atoms with Gasteiger partial charge in [0.05, 0.1) is 24.6 Å². The van der Waals surface area contributed by atoms with Crippen molar-refractivity contribution in [1.29, 1.82) is 0 Å². The number of imide groups is 1. The molecule has 2 aromatic carbocycles. The van der Waals surface area contributed by atoms with Gasteiger partial charge in [-0.2, -0.15) is 0 Å². The average molecular weight is 355 g/mol. The van der Waals surface area contributed by atoms with Crippen molar-refractivity contribution in [3.8, 4) is 0 Å². The highest BCUT2D eigenvalue weighted by Gasteiger charge is 2.61.